The van der Waals surface area contributed by atoms with Gasteiger partial charge in [-0.15, -0.1) is 0 Å². The van der Waals surface area contributed by atoms with Crippen molar-refractivity contribution in [1.29, 1.82) is 0 Å². The second-order valence-corrected chi connectivity index (χ2v) is 6.95. The predicted octanol–water partition coefficient (Wildman–Crippen LogP) is 3.15. The highest BCUT2D eigenvalue weighted by Gasteiger charge is 2.15. The van der Waals surface area contributed by atoms with Crippen LogP contribution in [0.4, 0.5) is 5.82 Å². The van der Waals surface area contributed by atoms with Crippen molar-refractivity contribution in [2.45, 2.75) is 26.4 Å². The van der Waals surface area contributed by atoms with E-state index in [1.165, 1.54) is 10.8 Å². The van der Waals surface area contributed by atoms with Gasteiger partial charge in [0.1, 0.15) is 6.54 Å². The van der Waals surface area contributed by atoms with Crippen molar-refractivity contribution in [3.05, 3.63) is 88.5 Å². The molecule has 0 spiro atoms. The molecule has 2 aromatic heterocycles. The lowest BCUT2D eigenvalue weighted by Gasteiger charge is -2.12. The first kappa shape index (κ1) is 18.6. The summed E-state index contributed by atoms with van der Waals surface area (Å²) in [5, 5.41) is 7.36. The first-order valence-corrected chi connectivity index (χ1v) is 9.38. The highest BCUT2D eigenvalue weighted by Crippen LogP contribution is 2.21. The predicted molar refractivity (Wildman–Crippen MR) is 112 cm³/mol. The molecule has 7 nitrogen and oxygen atoms in total. The van der Waals surface area contributed by atoms with Crippen LogP contribution in [0.3, 0.4) is 0 Å². The fourth-order valence-corrected chi connectivity index (χ4v) is 3.28. The Hall–Kier alpha value is -3.74. The number of rotatable bonds is 5. The molecule has 0 aliphatic carbocycles. The SMILES string of the molecule is Cc1cn([C@H](C)c2ccccc2)nc1NC(=O)Cn1c(=O)cnc2ccccc21. The Kier molecular flexibility index (Phi) is 4.95. The molecule has 1 atom stereocenters. The van der Waals surface area contributed by atoms with E-state index in [0.717, 1.165) is 11.1 Å². The number of amides is 1. The van der Waals surface area contributed by atoms with E-state index in [2.05, 4.69) is 22.3 Å². The molecule has 4 rings (SSSR count). The van der Waals surface area contributed by atoms with Crippen LogP contribution >= 0.6 is 0 Å². The monoisotopic (exact) mass is 387 g/mol. The number of hydrogen-bond donors (Lipinski definition) is 1. The van der Waals surface area contributed by atoms with Crippen LogP contribution in [-0.4, -0.2) is 25.2 Å². The van der Waals surface area contributed by atoms with Crippen LogP contribution in [0.15, 0.2) is 71.8 Å². The third-order valence-corrected chi connectivity index (χ3v) is 4.91. The number of nitrogens with zero attached hydrogens (tertiary/aromatic N) is 4. The lowest BCUT2D eigenvalue weighted by atomic mass is 10.1. The van der Waals surface area contributed by atoms with Gasteiger partial charge in [0.15, 0.2) is 5.82 Å². The number of fused-ring (bicyclic) bond motifs is 1. The summed E-state index contributed by atoms with van der Waals surface area (Å²) in [7, 11) is 0. The molecule has 0 fully saturated rings. The molecule has 0 bridgehead atoms. The lowest BCUT2D eigenvalue weighted by Crippen LogP contribution is -2.28. The lowest BCUT2D eigenvalue weighted by molar-refractivity contribution is -0.116. The van der Waals surface area contributed by atoms with E-state index in [-0.39, 0.29) is 24.1 Å². The molecular formula is C22H21N5O2. The van der Waals surface area contributed by atoms with Crippen molar-refractivity contribution in [1.82, 2.24) is 19.3 Å². The molecule has 2 heterocycles. The molecule has 0 aliphatic rings. The molecule has 29 heavy (non-hydrogen) atoms. The number of nitrogens with one attached hydrogen (secondary N) is 1. The van der Waals surface area contributed by atoms with Crippen LogP contribution in [-0.2, 0) is 11.3 Å². The Morgan fingerprint density at radius 2 is 1.83 bits per heavy atom. The Bertz CT molecular complexity index is 1230. The van der Waals surface area contributed by atoms with Gasteiger partial charge < -0.3 is 5.32 Å². The average Bonchev–Trinajstić information content (AvgIpc) is 3.10. The molecule has 0 unspecified atom stereocenters. The molecule has 1 N–H and O–H groups in total. The van der Waals surface area contributed by atoms with Gasteiger partial charge in [0, 0.05) is 11.8 Å². The van der Waals surface area contributed by atoms with Gasteiger partial charge in [-0.2, -0.15) is 5.10 Å². The zero-order chi connectivity index (χ0) is 20.4. The number of carbonyl (C=O) groups is 1. The first-order valence-electron chi connectivity index (χ1n) is 9.38. The van der Waals surface area contributed by atoms with E-state index < -0.39 is 0 Å². The highest BCUT2D eigenvalue weighted by atomic mass is 16.2. The Morgan fingerprint density at radius 1 is 1.10 bits per heavy atom. The molecule has 0 aliphatic heterocycles. The fourth-order valence-electron chi connectivity index (χ4n) is 3.28. The third-order valence-electron chi connectivity index (χ3n) is 4.91. The van der Waals surface area contributed by atoms with Gasteiger partial charge in [0.05, 0.1) is 23.3 Å². The maximum atomic E-state index is 12.6. The largest absolute Gasteiger partial charge is 0.307 e. The van der Waals surface area contributed by atoms with Crippen molar-refractivity contribution in [3.63, 3.8) is 0 Å². The van der Waals surface area contributed by atoms with Crippen LogP contribution < -0.4 is 10.9 Å². The van der Waals surface area contributed by atoms with Crippen LogP contribution in [0.5, 0.6) is 0 Å². The van der Waals surface area contributed by atoms with Crippen molar-refractivity contribution in [2.75, 3.05) is 5.32 Å². The Labute approximate surface area is 167 Å². The fraction of sp³-hybridized carbons (Fsp3) is 0.182. The Balaban J connectivity index is 1.55. The van der Waals surface area contributed by atoms with Gasteiger partial charge in [0.2, 0.25) is 5.91 Å². The number of carbonyl (C=O) groups excluding carboxylic acids is 1. The summed E-state index contributed by atoms with van der Waals surface area (Å²) in [6.07, 6.45) is 3.14. The molecule has 1 amide bonds. The van der Waals surface area contributed by atoms with Crippen molar-refractivity contribution < 1.29 is 4.79 Å². The molecule has 4 aromatic rings. The quantitative estimate of drug-likeness (QED) is 0.570. The van der Waals surface area contributed by atoms with Gasteiger partial charge in [0.25, 0.3) is 5.56 Å². The zero-order valence-electron chi connectivity index (χ0n) is 16.2. The van der Waals surface area contributed by atoms with E-state index in [4.69, 9.17) is 0 Å². The number of para-hydroxylation sites is 2. The third kappa shape index (κ3) is 3.80. The number of anilines is 1. The van der Waals surface area contributed by atoms with E-state index >= 15 is 0 Å². The summed E-state index contributed by atoms with van der Waals surface area (Å²) in [6, 6.07) is 17.3. The van der Waals surface area contributed by atoms with Gasteiger partial charge in [-0.3, -0.25) is 18.8 Å². The van der Waals surface area contributed by atoms with Crippen molar-refractivity contribution in [3.8, 4) is 0 Å². The molecule has 0 radical (unpaired) electrons. The number of benzene rings is 2. The van der Waals surface area contributed by atoms with Gasteiger partial charge in [-0.25, -0.2) is 4.98 Å². The second kappa shape index (κ2) is 7.71. The van der Waals surface area contributed by atoms with Crippen LogP contribution in [0.2, 0.25) is 0 Å². The van der Waals surface area contributed by atoms with E-state index in [9.17, 15) is 9.59 Å². The first-order chi connectivity index (χ1) is 14.0. The summed E-state index contributed by atoms with van der Waals surface area (Å²) < 4.78 is 3.24. The molecule has 0 saturated carbocycles. The molecule has 7 heteroatoms. The average molecular weight is 387 g/mol. The molecule has 146 valence electrons. The maximum Gasteiger partial charge on any atom is 0.269 e. The van der Waals surface area contributed by atoms with Gasteiger partial charge >= 0.3 is 0 Å². The molecule has 2 aromatic carbocycles. The Morgan fingerprint density at radius 3 is 2.62 bits per heavy atom. The summed E-state index contributed by atoms with van der Waals surface area (Å²) in [5.41, 5.74) is 2.95. The van der Waals surface area contributed by atoms with Crippen LogP contribution in [0, 0.1) is 6.92 Å². The smallest absolute Gasteiger partial charge is 0.269 e. The maximum absolute atomic E-state index is 12.6. The van der Waals surface area contributed by atoms with Crippen molar-refractivity contribution in [2.24, 2.45) is 0 Å². The molecular weight excluding hydrogens is 366 g/mol. The number of hydrogen-bond acceptors (Lipinski definition) is 4. The minimum Gasteiger partial charge on any atom is -0.307 e. The van der Waals surface area contributed by atoms with Gasteiger partial charge in [-0.05, 0) is 31.5 Å². The number of aromatic nitrogens is 4. The minimum atomic E-state index is -0.321. The summed E-state index contributed by atoms with van der Waals surface area (Å²) in [4.78, 5) is 29.0. The minimum absolute atomic E-state index is 0.0345. The summed E-state index contributed by atoms with van der Waals surface area (Å²) in [6.45, 7) is 3.84. The summed E-state index contributed by atoms with van der Waals surface area (Å²) >= 11 is 0. The van der Waals surface area contributed by atoms with Gasteiger partial charge in [-0.1, -0.05) is 42.5 Å². The second-order valence-electron chi connectivity index (χ2n) is 6.95. The summed E-state index contributed by atoms with van der Waals surface area (Å²) in [5.74, 6) is 0.174. The van der Waals surface area contributed by atoms with E-state index in [0.29, 0.717) is 16.9 Å². The highest BCUT2D eigenvalue weighted by molar-refractivity contribution is 5.91. The number of aryl methyl sites for hydroxylation is 1. The zero-order valence-corrected chi connectivity index (χ0v) is 16.2. The normalized spacial score (nSPS) is 12.1. The van der Waals surface area contributed by atoms with Crippen LogP contribution in [0.1, 0.15) is 24.1 Å². The topological polar surface area (TPSA) is 81.8 Å². The standard InChI is InChI=1S/C22H21N5O2/c1-15-13-27(16(2)17-8-4-3-5-9-17)25-22(15)24-20(28)14-26-19-11-7-6-10-18(19)23-12-21(26)29/h3-13,16H,14H2,1-2H3,(H,24,25,28)/t16-/m1/s1. The van der Waals surface area contributed by atoms with E-state index in [1.54, 1.807) is 12.1 Å². The van der Waals surface area contributed by atoms with E-state index in [1.807, 2.05) is 60.3 Å². The molecule has 0 saturated heterocycles. The van der Waals surface area contributed by atoms with Crippen LogP contribution in [0.25, 0.3) is 11.0 Å². The van der Waals surface area contributed by atoms with Crippen molar-refractivity contribution >= 4 is 22.8 Å².